The molecular formula is C11H10FN5. The van der Waals surface area contributed by atoms with E-state index in [1.807, 2.05) is 6.07 Å². The van der Waals surface area contributed by atoms with E-state index in [1.54, 1.807) is 19.2 Å². The maximum absolute atomic E-state index is 13.6. The van der Waals surface area contributed by atoms with Gasteiger partial charge in [-0.05, 0) is 19.2 Å². The van der Waals surface area contributed by atoms with E-state index in [9.17, 15) is 4.39 Å². The van der Waals surface area contributed by atoms with Gasteiger partial charge in [0.2, 0.25) is 0 Å². The highest BCUT2D eigenvalue weighted by atomic mass is 19.1. The van der Waals surface area contributed by atoms with Crippen molar-refractivity contribution in [1.82, 2.24) is 20.1 Å². The molecule has 0 amide bonds. The zero-order valence-electron chi connectivity index (χ0n) is 9.18. The number of rotatable bonds is 3. The van der Waals surface area contributed by atoms with Crippen LogP contribution >= 0.6 is 0 Å². The molecule has 6 heteroatoms. The topological polar surface area (TPSA) is 66.5 Å². The summed E-state index contributed by atoms with van der Waals surface area (Å²) in [5, 5.41) is 15.5. The van der Waals surface area contributed by atoms with Crippen molar-refractivity contribution in [3.8, 4) is 11.8 Å². The Labute approximate surface area is 97.5 Å². The Kier molecular flexibility index (Phi) is 3.12. The highest BCUT2D eigenvalue weighted by Gasteiger charge is 2.10. The van der Waals surface area contributed by atoms with Gasteiger partial charge in [-0.1, -0.05) is 6.07 Å². The molecule has 0 atom stereocenters. The summed E-state index contributed by atoms with van der Waals surface area (Å²) in [6, 6.07) is 6.54. The number of nitriles is 1. The summed E-state index contributed by atoms with van der Waals surface area (Å²) in [6.07, 6.45) is 1.40. The third-order valence-electron chi connectivity index (χ3n) is 2.29. The Bertz CT molecular complexity index is 569. The van der Waals surface area contributed by atoms with Gasteiger partial charge in [0.15, 0.2) is 0 Å². The largest absolute Gasteiger partial charge is 0.316 e. The molecule has 0 aliphatic rings. The van der Waals surface area contributed by atoms with E-state index >= 15 is 0 Å². The number of hydrogen-bond donors (Lipinski definition) is 1. The maximum Gasteiger partial charge on any atom is 0.252 e. The van der Waals surface area contributed by atoms with Crippen LogP contribution in [0.5, 0.6) is 0 Å². The summed E-state index contributed by atoms with van der Waals surface area (Å²) in [5.41, 5.74) is 1.07. The van der Waals surface area contributed by atoms with Crippen LogP contribution in [-0.4, -0.2) is 21.8 Å². The highest BCUT2D eigenvalue weighted by molar-refractivity contribution is 5.41. The van der Waals surface area contributed by atoms with Gasteiger partial charge in [0.1, 0.15) is 18.2 Å². The van der Waals surface area contributed by atoms with Crippen LogP contribution in [0.15, 0.2) is 24.5 Å². The van der Waals surface area contributed by atoms with Crippen LogP contribution in [0.1, 0.15) is 11.4 Å². The predicted molar refractivity (Wildman–Crippen MR) is 58.8 cm³/mol. The second-order valence-electron chi connectivity index (χ2n) is 3.39. The lowest BCUT2D eigenvalue weighted by molar-refractivity contribution is 0.596. The van der Waals surface area contributed by atoms with Gasteiger partial charge in [0.25, 0.3) is 5.82 Å². The lowest BCUT2D eigenvalue weighted by atomic mass is 10.1. The highest BCUT2D eigenvalue weighted by Crippen LogP contribution is 2.17. The van der Waals surface area contributed by atoms with Crippen molar-refractivity contribution in [3.63, 3.8) is 0 Å². The molecule has 1 N–H and O–H groups in total. The van der Waals surface area contributed by atoms with Crippen LogP contribution in [0.2, 0.25) is 0 Å². The lowest BCUT2D eigenvalue weighted by Crippen LogP contribution is -2.11. The quantitative estimate of drug-likeness (QED) is 0.855. The van der Waals surface area contributed by atoms with Crippen LogP contribution in [0.25, 0.3) is 5.69 Å². The minimum absolute atomic E-state index is 0.0599. The second-order valence-corrected chi connectivity index (χ2v) is 3.39. The molecule has 0 aliphatic carbocycles. The van der Waals surface area contributed by atoms with Gasteiger partial charge in [-0.15, -0.1) is 5.10 Å². The molecule has 0 unspecified atom stereocenters. The minimum Gasteiger partial charge on any atom is -0.316 e. The fourth-order valence-corrected chi connectivity index (χ4v) is 1.54. The Hall–Kier alpha value is -2.26. The van der Waals surface area contributed by atoms with E-state index in [0.717, 1.165) is 0 Å². The van der Waals surface area contributed by atoms with Crippen molar-refractivity contribution >= 4 is 0 Å². The SMILES string of the molecule is CNCc1c(F)cccc1-n1cnc(C#N)n1. The molecule has 2 aromatic rings. The second kappa shape index (κ2) is 4.72. The van der Waals surface area contributed by atoms with Crippen LogP contribution in [-0.2, 0) is 6.54 Å². The Morgan fingerprint density at radius 1 is 1.53 bits per heavy atom. The number of nitrogens with zero attached hydrogens (tertiary/aromatic N) is 4. The van der Waals surface area contributed by atoms with Gasteiger partial charge in [-0.25, -0.2) is 14.1 Å². The first-order valence-electron chi connectivity index (χ1n) is 5.00. The van der Waals surface area contributed by atoms with Crippen molar-refractivity contribution in [1.29, 1.82) is 5.26 Å². The fraction of sp³-hybridized carbons (Fsp3) is 0.182. The summed E-state index contributed by atoms with van der Waals surface area (Å²) >= 11 is 0. The summed E-state index contributed by atoms with van der Waals surface area (Å²) in [7, 11) is 1.73. The van der Waals surface area contributed by atoms with E-state index in [0.29, 0.717) is 17.8 Å². The van der Waals surface area contributed by atoms with Crippen LogP contribution in [0.3, 0.4) is 0 Å². The van der Waals surface area contributed by atoms with Crippen LogP contribution < -0.4 is 5.32 Å². The molecule has 0 radical (unpaired) electrons. The third-order valence-corrected chi connectivity index (χ3v) is 2.29. The summed E-state index contributed by atoms with van der Waals surface area (Å²) < 4.78 is 15.0. The Balaban J connectivity index is 2.51. The molecule has 2 rings (SSSR count). The molecule has 0 saturated heterocycles. The third kappa shape index (κ3) is 2.14. The average Bonchev–Trinajstić information content (AvgIpc) is 2.80. The first-order chi connectivity index (χ1) is 8.26. The van der Waals surface area contributed by atoms with Crippen LogP contribution in [0.4, 0.5) is 4.39 Å². The monoisotopic (exact) mass is 231 g/mol. The summed E-state index contributed by atoms with van der Waals surface area (Å²) in [4.78, 5) is 3.79. The molecule has 86 valence electrons. The van der Waals surface area contributed by atoms with Gasteiger partial charge < -0.3 is 5.32 Å². The maximum atomic E-state index is 13.6. The molecule has 0 fully saturated rings. The van der Waals surface area contributed by atoms with Gasteiger partial charge in [-0.3, -0.25) is 0 Å². The molecule has 5 nitrogen and oxygen atoms in total. The first-order valence-corrected chi connectivity index (χ1v) is 5.00. The zero-order chi connectivity index (χ0) is 12.3. The number of benzene rings is 1. The average molecular weight is 231 g/mol. The lowest BCUT2D eigenvalue weighted by Gasteiger charge is -2.09. The van der Waals surface area contributed by atoms with E-state index in [-0.39, 0.29) is 11.6 Å². The van der Waals surface area contributed by atoms with E-state index in [1.165, 1.54) is 17.1 Å². The van der Waals surface area contributed by atoms with Gasteiger partial charge in [-0.2, -0.15) is 5.26 Å². The van der Waals surface area contributed by atoms with Crippen LogP contribution in [0, 0.1) is 17.1 Å². The minimum atomic E-state index is -0.314. The van der Waals surface area contributed by atoms with Gasteiger partial charge in [0.05, 0.1) is 5.69 Å². The fourth-order valence-electron chi connectivity index (χ4n) is 1.54. The van der Waals surface area contributed by atoms with Crippen molar-refractivity contribution in [2.45, 2.75) is 6.54 Å². The predicted octanol–water partition coefficient (Wildman–Crippen LogP) is 0.997. The van der Waals surface area contributed by atoms with E-state index < -0.39 is 0 Å². The molecule has 1 aromatic carbocycles. The number of nitrogens with one attached hydrogen (secondary N) is 1. The van der Waals surface area contributed by atoms with E-state index in [2.05, 4.69) is 15.4 Å². The normalized spacial score (nSPS) is 10.2. The van der Waals surface area contributed by atoms with Crippen molar-refractivity contribution in [3.05, 3.63) is 41.7 Å². The smallest absolute Gasteiger partial charge is 0.252 e. The Morgan fingerprint density at radius 2 is 2.35 bits per heavy atom. The molecule has 1 heterocycles. The Morgan fingerprint density at radius 3 is 3.00 bits per heavy atom. The molecule has 0 bridgehead atoms. The number of aromatic nitrogens is 3. The molecule has 1 aromatic heterocycles. The summed E-state index contributed by atoms with van der Waals surface area (Å²) in [5.74, 6) is -0.254. The van der Waals surface area contributed by atoms with Gasteiger partial charge in [0, 0.05) is 12.1 Å². The van der Waals surface area contributed by atoms with Crippen molar-refractivity contribution < 1.29 is 4.39 Å². The van der Waals surface area contributed by atoms with Gasteiger partial charge >= 0.3 is 0 Å². The molecule has 0 spiro atoms. The molecular weight excluding hydrogens is 221 g/mol. The molecule has 0 aliphatic heterocycles. The number of hydrogen-bond acceptors (Lipinski definition) is 4. The van der Waals surface area contributed by atoms with E-state index in [4.69, 9.17) is 5.26 Å². The number of halogens is 1. The summed E-state index contributed by atoms with van der Waals surface area (Å²) in [6.45, 7) is 0.379. The first kappa shape index (κ1) is 11.2. The van der Waals surface area contributed by atoms with Crippen molar-refractivity contribution in [2.75, 3.05) is 7.05 Å². The molecule has 0 saturated carbocycles. The molecule has 17 heavy (non-hydrogen) atoms. The zero-order valence-corrected chi connectivity index (χ0v) is 9.18. The standard InChI is InChI=1S/C11H10FN5/c1-14-6-8-9(12)3-2-4-10(8)17-7-15-11(5-13)16-17/h2-4,7,14H,6H2,1H3. The van der Waals surface area contributed by atoms with Crippen molar-refractivity contribution in [2.24, 2.45) is 0 Å².